The van der Waals surface area contributed by atoms with E-state index in [1.807, 2.05) is 6.07 Å². The number of rotatable bonds is 2. The second kappa shape index (κ2) is 4.44. The van der Waals surface area contributed by atoms with Crippen LogP contribution in [0.25, 0.3) is 0 Å². The van der Waals surface area contributed by atoms with Crippen molar-refractivity contribution in [3.05, 3.63) is 34.9 Å². The fraction of sp³-hybridized carbons (Fsp3) is 0.417. The first-order chi connectivity index (χ1) is 7.65. The van der Waals surface area contributed by atoms with Gasteiger partial charge in [-0.15, -0.1) is 0 Å². The van der Waals surface area contributed by atoms with Crippen LogP contribution >= 0.6 is 11.6 Å². The lowest BCUT2D eigenvalue weighted by Crippen LogP contribution is -2.49. The number of carboxylic acid groups (broad SMARTS) is 1. The van der Waals surface area contributed by atoms with Gasteiger partial charge in [0, 0.05) is 11.6 Å². The normalized spacial score (nSPS) is 25.3. The second-order valence-corrected chi connectivity index (χ2v) is 4.61. The Bertz CT molecular complexity index is 400. The van der Waals surface area contributed by atoms with Gasteiger partial charge in [-0.1, -0.05) is 23.7 Å². The smallest absolute Gasteiger partial charge is 0.315 e. The molecule has 0 saturated carbocycles. The van der Waals surface area contributed by atoms with Crippen molar-refractivity contribution in [1.29, 1.82) is 0 Å². The summed E-state index contributed by atoms with van der Waals surface area (Å²) in [5.41, 5.74) is -0.0249. The van der Waals surface area contributed by atoms with Gasteiger partial charge in [0.25, 0.3) is 0 Å². The molecule has 3 nitrogen and oxygen atoms in total. The van der Waals surface area contributed by atoms with E-state index >= 15 is 0 Å². The van der Waals surface area contributed by atoms with Crippen LogP contribution in [0.2, 0.25) is 5.02 Å². The summed E-state index contributed by atoms with van der Waals surface area (Å²) in [6, 6.07) is 7.16. The molecule has 1 unspecified atom stereocenters. The molecule has 1 fully saturated rings. The third-order valence-electron chi connectivity index (χ3n) is 3.17. The standard InChI is InChI=1S/C12H14ClNO2/c13-10-4-1-3-9(7-10)12(11(15)16)5-2-6-14-8-12/h1,3-4,7,14H,2,5-6,8H2,(H,15,16). The van der Waals surface area contributed by atoms with Crippen LogP contribution in [0.4, 0.5) is 0 Å². The average molecular weight is 240 g/mol. The highest BCUT2D eigenvalue weighted by molar-refractivity contribution is 6.30. The van der Waals surface area contributed by atoms with Crippen molar-refractivity contribution in [2.24, 2.45) is 0 Å². The molecule has 0 aromatic heterocycles. The van der Waals surface area contributed by atoms with Gasteiger partial charge in [0.05, 0.1) is 0 Å². The van der Waals surface area contributed by atoms with Gasteiger partial charge < -0.3 is 10.4 Å². The summed E-state index contributed by atoms with van der Waals surface area (Å²) < 4.78 is 0. The summed E-state index contributed by atoms with van der Waals surface area (Å²) in [6.07, 6.45) is 1.54. The second-order valence-electron chi connectivity index (χ2n) is 4.18. The Morgan fingerprint density at radius 1 is 1.50 bits per heavy atom. The summed E-state index contributed by atoms with van der Waals surface area (Å²) in [7, 11) is 0. The summed E-state index contributed by atoms with van der Waals surface area (Å²) >= 11 is 5.92. The van der Waals surface area contributed by atoms with Gasteiger partial charge in [0.15, 0.2) is 0 Å². The van der Waals surface area contributed by atoms with Crippen molar-refractivity contribution in [3.63, 3.8) is 0 Å². The highest BCUT2D eigenvalue weighted by Gasteiger charge is 2.41. The molecule has 1 saturated heterocycles. The highest BCUT2D eigenvalue weighted by atomic mass is 35.5. The monoisotopic (exact) mass is 239 g/mol. The van der Waals surface area contributed by atoms with E-state index in [4.69, 9.17) is 11.6 Å². The number of aliphatic carboxylic acids is 1. The van der Waals surface area contributed by atoms with E-state index in [0.29, 0.717) is 18.0 Å². The quantitative estimate of drug-likeness (QED) is 0.831. The highest BCUT2D eigenvalue weighted by Crippen LogP contribution is 2.32. The minimum absolute atomic E-state index is 0.475. The number of carboxylic acids is 1. The van der Waals surface area contributed by atoms with Gasteiger partial charge in [0.2, 0.25) is 0 Å². The summed E-state index contributed by atoms with van der Waals surface area (Å²) in [4.78, 5) is 11.5. The van der Waals surface area contributed by atoms with Gasteiger partial charge in [-0.3, -0.25) is 4.79 Å². The molecule has 86 valence electrons. The molecule has 1 heterocycles. The number of halogens is 1. The molecule has 0 aliphatic carbocycles. The van der Waals surface area contributed by atoms with Crippen LogP contribution in [0.15, 0.2) is 24.3 Å². The van der Waals surface area contributed by atoms with Crippen molar-refractivity contribution in [3.8, 4) is 0 Å². The van der Waals surface area contributed by atoms with E-state index in [1.54, 1.807) is 18.2 Å². The molecule has 0 radical (unpaired) electrons. The van der Waals surface area contributed by atoms with Gasteiger partial charge in [-0.2, -0.15) is 0 Å². The first-order valence-electron chi connectivity index (χ1n) is 5.35. The fourth-order valence-corrected chi connectivity index (χ4v) is 2.43. The van der Waals surface area contributed by atoms with Gasteiger partial charge in [0.1, 0.15) is 5.41 Å². The van der Waals surface area contributed by atoms with E-state index in [0.717, 1.165) is 18.5 Å². The molecule has 0 bridgehead atoms. The number of benzene rings is 1. The minimum Gasteiger partial charge on any atom is -0.481 e. The maximum absolute atomic E-state index is 11.5. The molecule has 1 aromatic carbocycles. The Kier molecular flexibility index (Phi) is 3.17. The van der Waals surface area contributed by atoms with E-state index < -0.39 is 11.4 Å². The average Bonchev–Trinajstić information content (AvgIpc) is 2.30. The lowest BCUT2D eigenvalue weighted by atomic mass is 9.75. The molecule has 4 heteroatoms. The Morgan fingerprint density at radius 3 is 2.88 bits per heavy atom. The third kappa shape index (κ3) is 1.93. The Morgan fingerprint density at radius 2 is 2.31 bits per heavy atom. The topological polar surface area (TPSA) is 49.3 Å². The van der Waals surface area contributed by atoms with E-state index in [1.165, 1.54) is 0 Å². The van der Waals surface area contributed by atoms with Crippen molar-refractivity contribution in [2.45, 2.75) is 18.3 Å². The number of nitrogens with one attached hydrogen (secondary N) is 1. The predicted molar refractivity (Wildman–Crippen MR) is 62.9 cm³/mol. The number of hydrogen-bond donors (Lipinski definition) is 2. The van der Waals surface area contributed by atoms with E-state index in [9.17, 15) is 9.90 Å². The zero-order valence-corrected chi connectivity index (χ0v) is 9.63. The van der Waals surface area contributed by atoms with Crippen molar-refractivity contribution >= 4 is 17.6 Å². The first kappa shape index (κ1) is 11.4. The zero-order valence-electron chi connectivity index (χ0n) is 8.87. The predicted octanol–water partition coefficient (Wildman–Crippen LogP) is 2.05. The van der Waals surface area contributed by atoms with Crippen LogP contribution in [0.3, 0.4) is 0 Å². The van der Waals surface area contributed by atoms with Gasteiger partial charge in [-0.05, 0) is 37.1 Å². The maximum atomic E-state index is 11.5. The molecule has 2 rings (SSSR count). The molecule has 2 N–H and O–H groups in total. The van der Waals surface area contributed by atoms with Crippen molar-refractivity contribution < 1.29 is 9.90 Å². The molecule has 1 aliphatic rings. The SMILES string of the molecule is O=C(O)C1(c2cccc(Cl)c2)CCCNC1. The van der Waals surface area contributed by atoms with Crippen LogP contribution in [0.5, 0.6) is 0 Å². The Labute approximate surface area is 99.4 Å². The Hall–Kier alpha value is -1.06. The lowest BCUT2D eigenvalue weighted by molar-refractivity contribution is -0.144. The maximum Gasteiger partial charge on any atom is 0.315 e. The summed E-state index contributed by atoms with van der Waals surface area (Å²) in [5, 5.41) is 13.2. The fourth-order valence-electron chi connectivity index (χ4n) is 2.24. The lowest BCUT2D eigenvalue weighted by Gasteiger charge is -2.34. The Balaban J connectivity index is 2.42. The van der Waals surface area contributed by atoms with Crippen LogP contribution < -0.4 is 5.32 Å². The summed E-state index contributed by atoms with van der Waals surface area (Å²) in [5.74, 6) is -0.776. The van der Waals surface area contributed by atoms with E-state index in [-0.39, 0.29) is 0 Å². The first-order valence-corrected chi connectivity index (χ1v) is 5.73. The summed E-state index contributed by atoms with van der Waals surface area (Å²) in [6.45, 7) is 1.36. The number of piperidine rings is 1. The van der Waals surface area contributed by atoms with Crippen molar-refractivity contribution in [2.75, 3.05) is 13.1 Å². The number of hydrogen-bond acceptors (Lipinski definition) is 2. The minimum atomic E-state index is -0.816. The van der Waals surface area contributed by atoms with Crippen molar-refractivity contribution in [1.82, 2.24) is 5.32 Å². The van der Waals surface area contributed by atoms with Crippen LogP contribution in [-0.4, -0.2) is 24.2 Å². The van der Waals surface area contributed by atoms with Crippen LogP contribution in [0, 0.1) is 0 Å². The van der Waals surface area contributed by atoms with E-state index in [2.05, 4.69) is 5.32 Å². The molecular weight excluding hydrogens is 226 g/mol. The van der Waals surface area contributed by atoms with Crippen LogP contribution in [-0.2, 0) is 10.2 Å². The third-order valence-corrected chi connectivity index (χ3v) is 3.41. The van der Waals surface area contributed by atoms with Crippen LogP contribution in [0.1, 0.15) is 18.4 Å². The van der Waals surface area contributed by atoms with Gasteiger partial charge >= 0.3 is 5.97 Å². The largest absolute Gasteiger partial charge is 0.481 e. The molecule has 1 aromatic rings. The molecule has 16 heavy (non-hydrogen) atoms. The molecular formula is C12H14ClNO2. The number of carbonyl (C=O) groups is 1. The molecule has 0 amide bonds. The zero-order chi connectivity index (χ0) is 11.6. The molecule has 1 aliphatic heterocycles. The van der Waals surface area contributed by atoms with Gasteiger partial charge in [-0.25, -0.2) is 0 Å². The molecule has 0 spiro atoms. The molecule has 1 atom stereocenters.